The van der Waals surface area contributed by atoms with Crippen LogP contribution in [0.15, 0.2) is 43.0 Å². The van der Waals surface area contributed by atoms with Gasteiger partial charge in [0.2, 0.25) is 5.60 Å². The Morgan fingerprint density at radius 2 is 2.28 bits per heavy atom. The fourth-order valence-electron chi connectivity index (χ4n) is 3.81. The van der Waals surface area contributed by atoms with Crippen molar-refractivity contribution < 1.29 is 32.8 Å². The highest BCUT2D eigenvalue weighted by Crippen LogP contribution is 2.55. The fraction of sp³-hybridized carbons (Fsp3) is 0.278. The van der Waals surface area contributed by atoms with Crippen LogP contribution >= 0.6 is 7.82 Å². The van der Waals surface area contributed by atoms with Gasteiger partial charge in [-0.25, -0.2) is 18.9 Å². The molecule has 0 radical (unpaired) electrons. The maximum absolute atomic E-state index is 12.8. The Morgan fingerprint density at radius 1 is 1.44 bits per heavy atom. The molecule has 0 spiro atoms. The van der Waals surface area contributed by atoms with E-state index in [1.165, 1.54) is 41.4 Å². The minimum atomic E-state index is -4.45. The third kappa shape index (κ3) is 3.13. The minimum Gasteiger partial charge on any atom is -0.451 e. The second-order valence-electron chi connectivity index (χ2n) is 7.07. The number of nitrogens with zero attached hydrogens (tertiary/aromatic N) is 5. The molecule has 164 valence electrons. The van der Waals surface area contributed by atoms with Crippen molar-refractivity contribution in [3.8, 4) is 6.07 Å². The smallest absolute Gasteiger partial charge is 0.451 e. The molecule has 14 heteroatoms. The van der Waals surface area contributed by atoms with Gasteiger partial charge in [-0.1, -0.05) is 0 Å². The van der Waals surface area contributed by atoms with E-state index in [9.17, 15) is 19.5 Å². The number of rotatable bonds is 3. The van der Waals surface area contributed by atoms with Crippen LogP contribution in [-0.4, -0.2) is 55.4 Å². The van der Waals surface area contributed by atoms with E-state index in [0.717, 1.165) is 0 Å². The van der Waals surface area contributed by atoms with Crippen molar-refractivity contribution in [2.45, 2.75) is 23.9 Å². The zero-order valence-corrected chi connectivity index (χ0v) is 17.0. The topological polar surface area (TPSA) is 184 Å². The van der Waals surface area contributed by atoms with Gasteiger partial charge in [0.25, 0.3) is 0 Å². The van der Waals surface area contributed by atoms with Crippen LogP contribution in [0.4, 0.5) is 5.82 Å². The normalized spacial score (nSPS) is 31.7. The van der Waals surface area contributed by atoms with Crippen LogP contribution in [0.1, 0.15) is 16.1 Å². The van der Waals surface area contributed by atoms with Crippen LogP contribution in [0.5, 0.6) is 0 Å². The molecule has 2 aliphatic rings. The van der Waals surface area contributed by atoms with Gasteiger partial charge in [0.15, 0.2) is 11.9 Å². The molecule has 3 N–H and O–H groups in total. The van der Waals surface area contributed by atoms with E-state index in [1.807, 2.05) is 6.07 Å². The third-order valence-corrected chi connectivity index (χ3v) is 6.20. The number of aromatic nitrogens is 4. The summed E-state index contributed by atoms with van der Waals surface area (Å²) in [5.74, 6) is -0.678. The molecule has 0 bridgehead atoms. The zero-order valence-electron chi connectivity index (χ0n) is 16.1. The van der Waals surface area contributed by atoms with Crippen molar-refractivity contribution in [1.29, 1.82) is 5.26 Å². The number of nitriles is 1. The first-order chi connectivity index (χ1) is 15.3. The molecule has 2 aliphatic heterocycles. The Labute approximate surface area is 179 Å². The largest absolute Gasteiger partial charge is 0.472 e. The van der Waals surface area contributed by atoms with Crippen LogP contribution in [-0.2, 0) is 28.7 Å². The number of esters is 1. The van der Waals surface area contributed by atoms with Gasteiger partial charge in [0.05, 0.1) is 17.9 Å². The van der Waals surface area contributed by atoms with Crippen molar-refractivity contribution in [2.75, 3.05) is 12.3 Å². The fourth-order valence-corrected chi connectivity index (χ4v) is 4.76. The molecule has 2 fully saturated rings. The van der Waals surface area contributed by atoms with Gasteiger partial charge < -0.3 is 20.1 Å². The number of nitrogen functional groups attached to an aromatic ring is 1. The van der Waals surface area contributed by atoms with Crippen LogP contribution < -0.4 is 5.73 Å². The molecular weight excluding hydrogens is 443 g/mol. The zero-order chi connectivity index (χ0) is 22.5. The number of carbonyl (C=O) groups is 1. The highest BCUT2D eigenvalue weighted by molar-refractivity contribution is 7.47. The minimum absolute atomic E-state index is 0.105. The number of phosphoric ester groups is 1. The Balaban J connectivity index is 1.64. The molecular formula is C18H15N6O7P. The van der Waals surface area contributed by atoms with E-state index >= 15 is 0 Å². The van der Waals surface area contributed by atoms with E-state index in [2.05, 4.69) is 15.1 Å². The molecule has 5 rings (SSSR count). The molecule has 3 aromatic rings. The van der Waals surface area contributed by atoms with Gasteiger partial charge in [-0.05, 0) is 24.3 Å². The maximum Gasteiger partial charge on any atom is 0.472 e. The highest BCUT2D eigenvalue weighted by Gasteiger charge is 2.64. The van der Waals surface area contributed by atoms with Crippen LogP contribution in [0.2, 0.25) is 0 Å². The maximum atomic E-state index is 12.8. The van der Waals surface area contributed by atoms with E-state index in [0.29, 0.717) is 5.52 Å². The molecule has 0 aromatic carbocycles. The van der Waals surface area contributed by atoms with Crippen molar-refractivity contribution in [2.24, 2.45) is 0 Å². The Hall–Kier alpha value is -3.40. The summed E-state index contributed by atoms with van der Waals surface area (Å²) in [5.41, 5.74) is 4.59. The van der Waals surface area contributed by atoms with Gasteiger partial charge in [-0.3, -0.25) is 14.0 Å². The second kappa shape index (κ2) is 7.33. The molecule has 13 nitrogen and oxygen atoms in total. The summed E-state index contributed by atoms with van der Waals surface area (Å²) in [5, 5.41) is 14.4. The monoisotopic (exact) mass is 458 g/mol. The number of nitrogens with two attached hydrogens (primary N) is 1. The summed E-state index contributed by atoms with van der Waals surface area (Å²) in [4.78, 5) is 30.5. The molecule has 2 saturated heterocycles. The van der Waals surface area contributed by atoms with E-state index in [1.54, 1.807) is 6.07 Å². The lowest BCUT2D eigenvalue weighted by molar-refractivity contribution is -0.0754. The van der Waals surface area contributed by atoms with Crippen LogP contribution in [0, 0.1) is 11.3 Å². The van der Waals surface area contributed by atoms with Gasteiger partial charge >= 0.3 is 13.8 Å². The molecule has 1 unspecified atom stereocenters. The number of hydrogen-bond acceptors (Lipinski definition) is 11. The standard InChI is InChI=1S/C18H15N6O7P/c19-8-18(13-4-3-11-16(20)22-9-23-24(11)13)15(29-17(25)10-2-1-5-21-6-10)14-12(30-18)7-28-32(26,27)31-14/h1-6,9,12,14-15H,7H2,(H,26,27)(H2,20,22,23)/t12-,14-,15-,18+/m1/s1. The number of carbonyl (C=O) groups excluding carboxylic acids is 1. The Morgan fingerprint density at radius 3 is 3.03 bits per heavy atom. The van der Waals surface area contributed by atoms with Crippen molar-refractivity contribution >= 4 is 25.1 Å². The number of anilines is 1. The highest BCUT2D eigenvalue weighted by atomic mass is 31.2. The van der Waals surface area contributed by atoms with Gasteiger partial charge in [0.1, 0.15) is 30.1 Å². The predicted molar refractivity (Wildman–Crippen MR) is 104 cm³/mol. The summed E-state index contributed by atoms with van der Waals surface area (Å²) < 4.78 is 35.1. The van der Waals surface area contributed by atoms with Crippen molar-refractivity contribution in [3.63, 3.8) is 0 Å². The lowest BCUT2D eigenvalue weighted by Crippen LogP contribution is -2.46. The van der Waals surface area contributed by atoms with Crippen LogP contribution in [0.25, 0.3) is 5.52 Å². The number of pyridine rings is 1. The first-order valence-corrected chi connectivity index (χ1v) is 10.8. The molecule has 0 saturated carbocycles. The molecule has 5 heterocycles. The molecule has 3 aromatic heterocycles. The molecule has 5 atom stereocenters. The lowest BCUT2D eigenvalue weighted by Gasteiger charge is -2.30. The number of fused-ring (bicyclic) bond motifs is 2. The van der Waals surface area contributed by atoms with E-state index in [4.69, 9.17) is 24.3 Å². The quantitative estimate of drug-likeness (QED) is 0.411. The molecule has 0 aliphatic carbocycles. The predicted octanol–water partition coefficient (Wildman–Crippen LogP) is 0.566. The average Bonchev–Trinajstić information content (AvgIpc) is 3.35. The summed E-state index contributed by atoms with van der Waals surface area (Å²) in [6.07, 6.45) is 0.239. The van der Waals surface area contributed by atoms with Crippen LogP contribution in [0.3, 0.4) is 0 Å². The van der Waals surface area contributed by atoms with Gasteiger partial charge in [-0.15, -0.1) is 0 Å². The summed E-state index contributed by atoms with van der Waals surface area (Å²) in [6.45, 7) is -0.358. The van der Waals surface area contributed by atoms with E-state index in [-0.39, 0.29) is 23.7 Å². The second-order valence-corrected chi connectivity index (χ2v) is 8.47. The summed E-state index contributed by atoms with van der Waals surface area (Å²) in [7, 11) is -4.45. The average molecular weight is 458 g/mol. The molecule has 0 amide bonds. The number of phosphoric acid groups is 1. The first-order valence-electron chi connectivity index (χ1n) is 9.29. The SMILES string of the molecule is N#C[C@@]1(c2ccc3c(N)ncnn23)O[C@@H]2COP(=O)(O)O[C@H]2[C@H]1OC(=O)c1cccnc1. The number of ether oxygens (including phenoxy) is 2. The van der Waals surface area contributed by atoms with Gasteiger partial charge in [0, 0.05) is 12.4 Å². The molecule has 32 heavy (non-hydrogen) atoms. The van der Waals surface area contributed by atoms with E-state index < -0.39 is 37.7 Å². The number of hydrogen-bond donors (Lipinski definition) is 2. The Bertz CT molecular complexity index is 1290. The Kier molecular flexibility index (Phi) is 4.70. The summed E-state index contributed by atoms with van der Waals surface area (Å²) >= 11 is 0. The lowest BCUT2D eigenvalue weighted by atomic mass is 9.92. The van der Waals surface area contributed by atoms with Gasteiger partial charge in [-0.2, -0.15) is 10.4 Å². The summed E-state index contributed by atoms with van der Waals surface area (Å²) in [6, 6.07) is 8.14. The first kappa shape index (κ1) is 20.5. The third-order valence-electron chi connectivity index (χ3n) is 5.22. The van der Waals surface area contributed by atoms with Crippen molar-refractivity contribution in [1.82, 2.24) is 19.6 Å². The van der Waals surface area contributed by atoms with Crippen molar-refractivity contribution in [3.05, 3.63) is 54.2 Å².